The number of esters is 1. The van der Waals surface area contributed by atoms with E-state index >= 15 is 0 Å². The molecule has 1 aromatic rings. The Hall–Kier alpha value is -2.90. The number of nitro benzene ring substituents is 1. The third-order valence-corrected chi connectivity index (χ3v) is 4.98. The first-order valence-corrected chi connectivity index (χ1v) is 9.19. The zero-order valence-electron chi connectivity index (χ0n) is 15.2. The van der Waals surface area contributed by atoms with Gasteiger partial charge in [-0.05, 0) is 38.2 Å². The van der Waals surface area contributed by atoms with E-state index in [-0.39, 0.29) is 17.4 Å². The summed E-state index contributed by atoms with van der Waals surface area (Å²) < 4.78 is 5.72. The summed E-state index contributed by atoms with van der Waals surface area (Å²) in [7, 11) is 0. The van der Waals surface area contributed by atoms with Crippen molar-refractivity contribution >= 4 is 17.7 Å². The van der Waals surface area contributed by atoms with E-state index in [4.69, 9.17) is 4.74 Å². The average Bonchev–Trinajstić information content (AvgIpc) is 2.89. The van der Waals surface area contributed by atoms with Crippen LogP contribution in [0.4, 0.5) is 10.5 Å². The van der Waals surface area contributed by atoms with Gasteiger partial charge in [0.2, 0.25) is 0 Å². The van der Waals surface area contributed by atoms with Gasteiger partial charge in [0.15, 0.2) is 0 Å². The Bertz CT molecular complexity index is 781. The van der Waals surface area contributed by atoms with Crippen LogP contribution in [0.2, 0.25) is 0 Å². The molecule has 8 heteroatoms. The van der Waals surface area contributed by atoms with E-state index in [1.165, 1.54) is 18.2 Å². The van der Waals surface area contributed by atoms with Crippen molar-refractivity contribution in [1.29, 1.82) is 0 Å². The van der Waals surface area contributed by atoms with E-state index in [2.05, 4.69) is 10.6 Å². The molecule has 8 nitrogen and oxygen atoms in total. The van der Waals surface area contributed by atoms with Crippen molar-refractivity contribution in [3.8, 4) is 0 Å². The minimum Gasteiger partial charge on any atom is -0.459 e. The van der Waals surface area contributed by atoms with Crippen LogP contribution in [0.25, 0.3) is 0 Å². The van der Waals surface area contributed by atoms with Crippen molar-refractivity contribution in [3.63, 3.8) is 0 Å². The molecule has 1 aromatic carbocycles. The molecule has 27 heavy (non-hydrogen) atoms. The van der Waals surface area contributed by atoms with Gasteiger partial charge < -0.3 is 15.4 Å². The maximum atomic E-state index is 12.9. The van der Waals surface area contributed by atoms with Gasteiger partial charge in [-0.2, -0.15) is 0 Å². The lowest BCUT2D eigenvalue weighted by Crippen LogP contribution is -2.45. The SMILES string of the molecule is CC1=C(C(=O)OC2CCCCCC2)C(c2cccc([N+](=O)[O-])c2)NC(=O)N1. The molecule has 1 atom stereocenters. The molecule has 1 saturated carbocycles. The third-order valence-electron chi connectivity index (χ3n) is 4.98. The molecule has 0 radical (unpaired) electrons. The Morgan fingerprint density at radius 2 is 1.93 bits per heavy atom. The zero-order chi connectivity index (χ0) is 19.4. The summed E-state index contributed by atoms with van der Waals surface area (Å²) in [5, 5.41) is 16.3. The Labute approximate surface area is 157 Å². The summed E-state index contributed by atoms with van der Waals surface area (Å²) in [5.74, 6) is -0.497. The summed E-state index contributed by atoms with van der Waals surface area (Å²) in [5.41, 5.74) is 1.04. The molecule has 2 amide bonds. The number of carbonyl (C=O) groups excluding carboxylic acids is 2. The molecule has 1 aliphatic heterocycles. The largest absolute Gasteiger partial charge is 0.459 e. The van der Waals surface area contributed by atoms with Gasteiger partial charge in [-0.25, -0.2) is 9.59 Å². The van der Waals surface area contributed by atoms with Crippen molar-refractivity contribution in [3.05, 3.63) is 51.2 Å². The molecule has 1 aliphatic carbocycles. The number of urea groups is 1. The number of benzene rings is 1. The van der Waals surface area contributed by atoms with Gasteiger partial charge in [0.1, 0.15) is 6.10 Å². The van der Waals surface area contributed by atoms with Crippen molar-refractivity contribution in [1.82, 2.24) is 10.6 Å². The minimum absolute atomic E-state index is 0.102. The van der Waals surface area contributed by atoms with Gasteiger partial charge in [-0.1, -0.05) is 25.0 Å². The summed E-state index contributed by atoms with van der Waals surface area (Å²) in [6.07, 6.45) is 5.87. The van der Waals surface area contributed by atoms with E-state index in [1.807, 2.05) is 0 Å². The molecule has 2 N–H and O–H groups in total. The van der Waals surface area contributed by atoms with Crippen molar-refractivity contribution < 1.29 is 19.2 Å². The second-order valence-corrected chi connectivity index (χ2v) is 6.94. The summed E-state index contributed by atoms with van der Waals surface area (Å²) >= 11 is 0. The maximum Gasteiger partial charge on any atom is 0.338 e. The molecule has 1 unspecified atom stereocenters. The van der Waals surface area contributed by atoms with E-state index in [1.54, 1.807) is 13.0 Å². The number of hydrogen-bond donors (Lipinski definition) is 2. The van der Waals surface area contributed by atoms with Gasteiger partial charge in [0.25, 0.3) is 5.69 Å². The molecule has 0 spiro atoms. The number of non-ortho nitro benzene ring substituents is 1. The number of rotatable bonds is 4. The number of carbonyl (C=O) groups is 2. The number of allylic oxidation sites excluding steroid dienone is 1. The quantitative estimate of drug-likeness (QED) is 0.363. The van der Waals surface area contributed by atoms with E-state index < -0.39 is 23.0 Å². The Morgan fingerprint density at radius 3 is 2.59 bits per heavy atom. The van der Waals surface area contributed by atoms with Crippen LogP contribution in [0.3, 0.4) is 0 Å². The van der Waals surface area contributed by atoms with Crippen LogP contribution in [0.5, 0.6) is 0 Å². The second-order valence-electron chi connectivity index (χ2n) is 6.94. The molecule has 144 valence electrons. The fraction of sp³-hybridized carbons (Fsp3) is 0.474. The monoisotopic (exact) mass is 373 g/mol. The molecular weight excluding hydrogens is 350 g/mol. The van der Waals surface area contributed by atoms with Crippen LogP contribution in [-0.2, 0) is 9.53 Å². The highest BCUT2D eigenvalue weighted by atomic mass is 16.6. The average molecular weight is 373 g/mol. The standard InChI is InChI=1S/C19H23N3O5/c1-12-16(18(23)27-15-9-4-2-3-5-10-15)17(21-19(24)20-12)13-7-6-8-14(11-13)22(25)26/h6-8,11,15,17H,2-5,9-10H2,1H3,(H2,20,21,24). The van der Waals surface area contributed by atoms with Crippen LogP contribution in [0, 0.1) is 10.1 Å². The normalized spacial score (nSPS) is 21.1. The fourth-order valence-electron chi connectivity index (χ4n) is 3.61. The number of ether oxygens (including phenoxy) is 1. The van der Waals surface area contributed by atoms with Crippen molar-refractivity contribution in [2.24, 2.45) is 0 Å². The number of hydrogen-bond acceptors (Lipinski definition) is 5. The van der Waals surface area contributed by atoms with Crippen LogP contribution in [0.15, 0.2) is 35.5 Å². The summed E-state index contributed by atoms with van der Waals surface area (Å²) in [6.45, 7) is 1.63. The highest BCUT2D eigenvalue weighted by Gasteiger charge is 2.34. The maximum absolute atomic E-state index is 12.9. The van der Waals surface area contributed by atoms with Gasteiger partial charge in [0, 0.05) is 17.8 Å². The number of nitrogens with one attached hydrogen (secondary N) is 2. The van der Waals surface area contributed by atoms with Crippen LogP contribution >= 0.6 is 0 Å². The molecule has 0 aromatic heterocycles. The van der Waals surface area contributed by atoms with Gasteiger partial charge in [-0.3, -0.25) is 10.1 Å². The minimum atomic E-state index is -0.795. The van der Waals surface area contributed by atoms with Crippen LogP contribution in [0.1, 0.15) is 57.1 Å². The van der Waals surface area contributed by atoms with Crippen LogP contribution in [-0.4, -0.2) is 23.0 Å². The highest BCUT2D eigenvalue weighted by Crippen LogP contribution is 2.31. The van der Waals surface area contributed by atoms with Crippen LogP contribution < -0.4 is 10.6 Å². The van der Waals surface area contributed by atoms with Crippen molar-refractivity contribution in [2.45, 2.75) is 57.6 Å². The molecule has 1 fully saturated rings. The lowest BCUT2D eigenvalue weighted by Gasteiger charge is -2.29. The molecular formula is C19H23N3O5. The zero-order valence-corrected chi connectivity index (χ0v) is 15.2. The first kappa shape index (κ1) is 18.9. The first-order valence-electron chi connectivity index (χ1n) is 9.19. The topological polar surface area (TPSA) is 111 Å². The summed E-state index contributed by atoms with van der Waals surface area (Å²) in [4.78, 5) is 35.4. The van der Waals surface area contributed by atoms with Gasteiger partial charge in [0.05, 0.1) is 16.5 Å². The van der Waals surface area contributed by atoms with Gasteiger partial charge >= 0.3 is 12.0 Å². The van der Waals surface area contributed by atoms with E-state index in [9.17, 15) is 19.7 Å². The predicted molar refractivity (Wildman–Crippen MR) is 97.8 cm³/mol. The molecule has 2 aliphatic rings. The Kier molecular flexibility index (Phi) is 5.73. The molecule has 0 bridgehead atoms. The lowest BCUT2D eigenvalue weighted by atomic mass is 9.95. The summed E-state index contributed by atoms with van der Waals surface area (Å²) in [6, 6.07) is 4.65. The Morgan fingerprint density at radius 1 is 1.22 bits per heavy atom. The number of nitro groups is 1. The molecule has 1 heterocycles. The second kappa shape index (κ2) is 8.20. The predicted octanol–water partition coefficient (Wildman–Crippen LogP) is 3.49. The van der Waals surface area contributed by atoms with Crippen molar-refractivity contribution in [2.75, 3.05) is 0 Å². The molecule has 3 rings (SSSR count). The highest BCUT2D eigenvalue weighted by molar-refractivity contribution is 5.95. The fourth-order valence-corrected chi connectivity index (χ4v) is 3.61. The van der Waals surface area contributed by atoms with E-state index in [0.717, 1.165) is 38.5 Å². The van der Waals surface area contributed by atoms with E-state index in [0.29, 0.717) is 11.3 Å². The van der Waals surface area contributed by atoms with Gasteiger partial charge in [-0.15, -0.1) is 0 Å². The third kappa shape index (κ3) is 4.45. The lowest BCUT2D eigenvalue weighted by molar-refractivity contribution is -0.384. The Balaban J connectivity index is 1.88. The number of amides is 2. The smallest absolute Gasteiger partial charge is 0.338 e. The first-order chi connectivity index (χ1) is 13.0. The molecule has 0 saturated heterocycles. The number of nitrogens with zero attached hydrogens (tertiary/aromatic N) is 1.